The molecule has 0 unspecified atom stereocenters. The van der Waals surface area contributed by atoms with E-state index in [4.69, 9.17) is 0 Å². The summed E-state index contributed by atoms with van der Waals surface area (Å²) in [7, 11) is 1.89. The van der Waals surface area contributed by atoms with E-state index >= 15 is 0 Å². The number of rotatable bonds is 3. The number of aryl methyl sites for hydroxylation is 1. The van der Waals surface area contributed by atoms with Gasteiger partial charge < -0.3 is 5.32 Å². The molecule has 3 rings (SSSR count). The maximum Gasteiger partial charge on any atom is 0.270 e. The standard InChI is InChI=1S/C15H16N4O3/c1-18-14-7-3-6-13(12(14)9-16-18)17-15(20)10-4-2-5-11(8-10)19(21)22/h2,4-5,8-9,13H,3,6-7H2,1H3,(H,17,20)/t13-/m0/s1. The van der Waals surface area contributed by atoms with Crippen molar-refractivity contribution in [3.05, 3.63) is 57.4 Å². The zero-order valence-corrected chi connectivity index (χ0v) is 12.2. The molecule has 1 aliphatic carbocycles. The quantitative estimate of drug-likeness (QED) is 0.694. The maximum absolute atomic E-state index is 12.3. The van der Waals surface area contributed by atoms with E-state index in [1.54, 1.807) is 12.3 Å². The Morgan fingerprint density at radius 2 is 2.32 bits per heavy atom. The summed E-state index contributed by atoms with van der Waals surface area (Å²) in [5.74, 6) is -0.301. The molecule has 0 fully saturated rings. The number of benzene rings is 1. The first-order valence-corrected chi connectivity index (χ1v) is 7.12. The van der Waals surface area contributed by atoms with Crippen LogP contribution in [0.4, 0.5) is 5.69 Å². The minimum Gasteiger partial charge on any atom is -0.345 e. The number of nitrogens with zero attached hydrogens (tertiary/aromatic N) is 3. The van der Waals surface area contributed by atoms with Crippen LogP contribution < -0.4 is 5.32 Å². The number of hydrogen-bond donors (Lipinski definition) is 1. The summed E-state index contributed by atoms with van der Waals surface area (Å²) in [6.07, 6.45) is 4.56. The third-order valence-corrected chi connectivity index (χ3v) is 4.00. The summed E-state index contributed by atoms with van der Waals surface area (Å²) in [6.45, 7) is 0. The van der Waals surface area contributed by atoms with E-state index < -0.39 is 4.92 Å². The van der Waals surface area contributed by atoms with Crippen molar-refractivity contribution in [3.8, 4) is 0 Å². The van der Waals surface area contributed by atoms with Gasteiger partial charge >= 0.3 is 0 Å². The van der Waals surface area contributed by atoms with Crippen molar-refractivity contribution in [1.82, 2.24) is 15.1 Å². The molecule has 0 spiro atoms. The Hall–Kier alpha value is -2.70. The summed E-state index contributed by atoms with van der Waals surface area (Å²) in [5.41, 5.74) is 2.38. The van der Waals surface area contributed by atoms with E-state index in [1.807, 2.05) is 11.7 Å². The number of aromatic nitrogens is 2. The predicted octanol–water partition coefficient (Wildman–Crippen LogP) is 2.14. The van der Waals surface area contributed by atoms with Gasteiger partial charge in [-0.2, -0.15) is 5.10 Å². The Morgan fingerprint density at radius 1 is 1.50 bits per heavy atom. The minimum atomic E-state index is -0.503. The molecule has 22 heavy (non-hydrogen) atoms. The summed E-state index contributed by atoms with van der Waals surface area (Å²) >= 11 is 0. The maximum atomic E-state index is 12.3. The molecule has 1 atom stereocenters. The summed E-state index contributed by atoms with van der Waals surface area (Å²) in [4.78, 5) is 22.6. The smallest absolute Gasteiger partial charge is 0.270 e. The molecule has 7 heteroatoms. The number of hydrogen-bond acceptors (Lipinski definition) is 4. The average molecular weight is 300 g/mol. The molecular weight excluding hydrogens is 284 g/mol. The van der Waals surface area contributed by atoms with E-state index in [-0.39, 0.29) is 17.6 Å². The van der Waals surface area contributed by atoms with E-state index in [9.17, 15) is 14.9 Å². The highest BCUT2D eigenvalue weighted by Crippen LogP contribution is 2.29. The van der Waals surface area contributed by atoms with E-state index in [0.29, 0.717) is 5.56 Å². The van der Waals surface area contributed by atoms with Gasteiger partial charge in [0.2, 0.25) is 0 Å². The normalized spacial score (nSPS) is 16.9. The lowest BCUT2D eigenvalue weighted by molar-refractivity contribution is -0.384. The van der Waals surface area contributed by atoms with Gasteiger partial charge in [0, 0.05) is 36.0 Å². The lowest BCUT2D eigenvalue weighted by atomic mass is 9.92. The first-order chi connectivity index (χ1) is 10.6. The van der Waals surface area contributed by atoms with Crippen molar-refractivity contribution in [2.24, 2.45) is 7.05 Å². The number of nitrogens with one attached hydrogen (secondary N) is 1. The Balaban J connectivity index is 1.81. The van der Waals surface area contributed by atoms with Crippen molar-refractivity contribution < 1.29 is 9.72 Å². The zero-order chi connectivity index (χ0) is 15.7. The molecule has 1 aromatic carbocycles. The van der Waals surface area contributed by atoms with Crippen molar-refractivity contribution in [1.29, 1.82) is 0 Å². The highest BCUT2D eigenvalue weighted by molar-refractivity contribution is 5.95. The SMILES string of the molecule is Cn1ncc2c1CCC[C@@H]2NC(=O)c1cccc([N+](=O)[O-])c1. The second-order valence-corrected chi connectivity index (χ2v) is 5.40. The van der Waals surface area contributed by atoms with E-state index in [1.165, 1.54) is 18.2 Å². The van der Waals surface area contributed by atoms with Gasteiger partial charge in [-0.05, 0) is 25.3 Å². The van der Waals surface area contributed by atoms with Crippen LogP contribution in [-0.2, 0) is 13.5 Å². The molecule has 7 nitrogen and oxygen atoms in total. The Labute approximate surface area is 127 Å². The summed E-state index contributed by atoms with van der Waals surface area (Å²) in [5, 5.41) is 18.0. The predicted molar refractivity (Wildman–Crippen MR) is 79.4 cm³/mol. The second-order valence-electron chi connectivity index (χ2n) is 5.40. The van der Waals surface area contributed by atoms with Gasteiger partial charge in [-0.25, -0.2) is 0 Å². The number of nitro groups is 1. The molecule has 1 heterocycles. The summed E-state index contributed by atoms with van der Waals surface area (Å²) in [6, 6.07) is 5.67. The zero-order valence-electron chi connectivity index (χ0n) is 12.2. The highest BCUT2D eigenvalue weighted by Gasteiger charge is 2.25. The number of amides is 1. The molecular formula is C15H16N4O3. The Morgan fingerprint density at radius 3 is 3.09 bits per heavy atom. The molecule has 1 aromatic heterocycles. The molecule has 2 aromatic rings. The Bertz CT molecular complexity index is 738. The first kappa shape index (κ1) is 14.2. The van der Waals surface area contributed by atoms with Gasteiger partial charge in [0.05, 0.1) is 17.2 Å². The molecule has 0 saturated heterocycles. The van der Waals surface area contributed by atoms with Crippen LogP contribution in [0.25, 0.3) is 0 Å². The van der Waals surface area contributed by atoms with Crippen molar-refractivity contribution >= 4 is 11.6 Å². The molecule has 1 N–H and O–H groups in total. The molecule has 1 aliphatic rings. The van der Waals surface area contributed by atoms with E-state index in [0.717, 1.165) is 30.5 Å². The highest BCUT2D eigenvalue weighted by atomic mass is 16.6. The fraction of sp³-hybridized carbons (Fsp3) is 0.333. The van der Waals surface area contributed by atoms with Gasteiger partial charge in [0.25, 0.3) is 11.6 Å². The number of carbonyl (C=O) groups excluding carboxylic acids is 1. The molecule has 1 amide bonds. The van der Waals surface area contributed by atoms with Crippen molar-refractivity contribution in [2.75, 3.05) is 0 Å². The van der Waals surface area contributed by atoms with Crippen molar-refractivity contribution in [3.63, 3.8) is 0 Å². The largest absolute Gasteiger partial charge is 0.345 e. The molecule has 0 radical (unpaired) electrons. The van der Waals surface area contributed by atoms with Crippen LogP contribution in [0.5, 0.6) is 0 Å². The number of carbonyl (C=O) groups is 1. The van der Waals surface area contributed by atoms with Gasteiger partial charge in [0.15, 0.2) is 0 Å². The molecule has 114 valence electrons. The van der Waals surface area contributed by atoms with Crippen LogP contribution in [-0.4, -0.2) is 20.6 Å². The van der Waals surface area contributed by atoms with Gasteiger partial charge in [-0.15, -0.1) is 0 Å². The van der Waals surface area contributed by atoms with Crippen LogP contribution in [0.1, 0.15) is 40.5 Å². The van der Waals surface area contributed by atoms with Crippen LogP contribution in [0.2, 0.25) is 0 Å². The third kappa shape index (κ3) is 2.57. The third-order valence-electron chi connectivity index (χ3n) is 4.00. The number of non-ortho nitro benzene ring substituents is 1. The van der Waals surface area contributed by atoms with Crippen LogP contribution in [0.15, 0.2) is 30.5 Å². The van der Waals surface area contributed by atoms with Crippen LogP contribution in [0.3, 0.4) is 0 Å². The van der Waals surface area contributed by atoms with Gasteiger partial charge in [0.1, 0.15) is 0 Å². The summed E-state index contributed by atoms with van der Waals surface area (Å²) < 4.78 is 1.83. The monoisotopic (exact) mass is 300 g/mol. The second kappa shape index (κ2) is 5.59. The fourth-order valence-corrected chi connectivity index (χ4v) is 2.86. The van der Waals surface area contributed by atoms with Crippen LogP contribution >= 0.6 is 0 Å². The molecule has 0 aliphatic heterocycles. The minimum absolute atomic E-state index is 0.0849. The lowest BCUT2D eigenvalue weighted by Gasteiger charge is -2.23. The topological polar surface area (TPSA) is 90.1 Å². The molecule has 0 bridgehead atoms. The van der Waals surface area contributed by atoms with Crippen molar-refractivity contribution in [2.45, 2.75) is 25.3 Å². The van der Waals surface area contributed by atoms with Crippen LogP contribution in [0, 0.1) is 10.1 Å². The van der Waals surface area contributed by atoms with Gasteiger partial charge in [-0.1, -0.05) is 6.07 Å². The lowest BCUT2D eigenvalue weighted by Crippen LogP contribution is -2.31. The average Bonchev–Trinajstić information content (AvgIpc) is 2.90. The van der Waals surface area contributed by atoms with Gasteiger partial charge in [-0.3, -0.25) is 19.6 Å². The Kier molecular flexibility index (Phi) is 3.62. The van der Waals surface area contributed by atoms with E-state index in [2.05, 4.69) is 10.4 Å². The fourth-order valence-electron chi connectivity index (χ4n) is 2.86. The number of nitro benzene ring substituents is 1. The first-order valence-electron chi connectivity index (χ1n) is 7.12. The number of fused-ring (bicyclic) bond motifs is 1. The molecule has 0 saturated carbocycles.